The van der Waals surface area contributed by atoms with Gasteiger partial charge in [-0.25, -0.2) is 0 Å². The van der Waals surface area contributed by atoms with Gasteiger partial charge in [0.25, 0.3) is 0 Å². The van der Waals surface area contributed by atoms with E-state index < -0.39 is 0 Å². The number of fused-ring (bicyclic) bond motifs is 1. The lowest BCUT2D eigenvalue weighted by molar-refractivity contribution is 0.265. The number of nitrogens with zero attached hydrogens (tertiary/aromatic N) is 2. The van der Waals surface area contributed by atoms with Gasteiger partial charge in [-0.05, 0) is 79.9 Å². The van der Waals surface area contributed by atoms with Crippen molar-refractivity contribution in [1.82, 2.24) is 9.88 Å². The van der Waals surface area contributed by atoms with Gasteiger partial charge in [0, 0.05) is 34.2 Å². The molecule has 0 saturated heterocycles. The summed E-state index contributed by atoms with van der Waals surface area (Å²) in [5.41, 5.74) is 2.14. The summed E-state index contributed by atoms with van der Waals surface area (Å²) in [6.45, 7) is 2.07. The quantitative estimate of drug-likeness (QED) is 0.469. The van der Waals surface area contributed by atoms with Gasteiger partial charge in [0.05, 0.1) is 12.3 Å². The zero-order valence-electron chi connectivity index (χ0n) is 16.1. The molecule has 2 saturated carbocycles. The highest BCUT2D eigenvalue weighted by atomic mass is 79.9. The number of rotatable bonds is 7. The van der Waals surface area contributed by atoms with Gasteiger partial charge in [-0.15, -0.1) is 0 Å². The molecule has 3 nitrogen and oxygen atoms in total. The lowest BCUT2D eigenvalue weighted by Gasteiger charge is -2.15. The molecule has 144 valence electrons. The highest BCUT2D eigenvalue weighted by molar-refractivity contribution is 9.10. The maximum atomic E-state index is 6.14. The molecule has 2 fully saturated rings. The maximum Gasteiger partial charge on any atom is 0.119 e. The van der Waals surface area contributed by atoms with Crippen molar-refractivity contribution in [2.24, 2.45) is 11.8 Å². The first-order chi connectivity index (χ1) is 13.7. The van der Waals surface area contributed by atoms with E-state index in [4.69, 9.17) is 4.74 Å². The molecule has 0 amide bonds. The van der Waals surface area contributed by atoms with Crippen LogP contribution in [-0.2, 0) is 0 Å². The summed E-state index contributed by atoms with van der Waals surface area (Å²) in [6, 6.07) is 17.6. The molecule has 5 rings (SSSR count). The van der Waals surface area contributed by atoms with Crippen molar-refractivity contribution >= 4 is 26.7 Å². The molecule has 0 N–H and O–H groups in total. The molecule has 3 aromatic rings. The lowest BCUT2D eigenvalue weighted by atomic mass is 10.0. The highest BCUT2D eigenvalue weighted by Gasteiger charge is 2.40. The van der Waals surface area contributed by atoms with Gasteiger partial charge in [0.1, 0.15) is 5.75 Å². The van der Waals surface area contributed by atoms with Crippen LogP contribution < -0.4 is 4.74 Å². The van der Waals surface area contributed by atoms with Crippen molar-refractivity contribution < 1.29 is 4.74 Å². The maximum absolute atomic E-state index is 6.14. The lowest BCUT2D eigenvalue weighted by Crippen LogP contribution is -2.24. The molecule has 0 spiro atoms. The number of halogens is 1. The summed E-state index contributed by atoms with van der Waals surface area (Å²) < 4.78 is 7.22. The van der Waals surface area contributed by atoms with E-state index in [1.54, 1.807) is 0 Å². The number of hydrogen-bond donors (Lipinski definition) is 0. The number of aromatic nitrogens is 1. The Balaban J connectivity index is 1.26. The molecule has 2 aliphatic carbocycles. The molecule has 0 bridgehead atoms. The van der Waals surface area contributed by atoms with Gasteiger partial charge in [-0.3, -0.25) is 4.98 Å². The zero-order valence-corrected chi connectivity index (χ0v) is 17.7. The van der Waals surface area contributed by atoms with E-state index in [9.17, 15) is 0 Å². The Bertz CT molecular complexity index is 984. The van der Waals surface area contributed by atoms with E-state index in [0.29, 0.717) is 5.92 Å². The monoisotopic (exact) mass is 436 g/mol. The van der Waals surface area contributed by atoms with Crippen LogP contribution in [0.5, 0.6) is 5.75 Å². The standard InChI is InChI=1S/C24H25BrN2O/c1-27(21-6-7-21)14-18-12-19(18)15-28-22-8-9-23-17(13-22)10-11-26-24(23)16-2-4-20(25)5-3-16/h2-5,8-11,13,18-19,21H,6-7,12,14-15H2,1H3. The van der Waals surface area contributed by atoms with Crippen molar-refractivity contribution in [2.45, 2.75) is 25.3 Å². The molecular formula is C24H25BrN2O. The Morgan fingerprint density at radius 2 is 1.89 bits per heavy atom. The predicted octanol–water partition coefficient (Wildman–Crippen LogP) is 5.77. The first-order valence-electron chi connectivity index (χ1n) is 10.1. The fraction of sp³-hybridized carbons (Fsp3) is 0.375. The second-order valence-corrected chi connectivity index (χ2v) is 9.20. The summed E-state index contributed by atoms with van der Waals surface area (Å²) >= 11 is 3.50. The third-order valence-corrected chi connectivity index (χ3v) is 6.61. The van der Waals surface area contributed by atoms with Gasteiger partial charge in [-0.2, -0.15) is 0 Å². The minimum absolute atomic E-state index is 0.715. The van der Waals surface area contributed by atoms with Crippen LogP contribution in [0.15, 0.2) is 59.2 Å². The molecule has 0 radical (unpaired) electrons. The van der Waals surface area contributed by atoms with E-state index in [1.165, 1.54) is 31.2 Å². The zero-order chi connectivity index (χ0) is 19.1. The molecule has 2 aromatic carbocycles. The molecular weight excluding hydrogens is 412 g/mol. The first-order valence-corrected chi connectivity index (χ1v) is 10.9. The Morgan fingerprint density at radius 3 is 2.68 bits per heavy atom. The van der Waals surface area contributed by atoms with Crippen molar-refractivity contribution in [3.05, 3.63) is 59.2 Å². The molecule has 2 unspecified atom stereocenters. The molecule has 0 aliphatic heterocycles. The number of hydrogen-bond acceptors (Lipinski definition) is 3. The Labute approximate surface area is 174 Å². The summed E-state index contributed by atoms with van der Waals surface area (Å²) in [4.78, 5) is 7.16. The second kappa shape index (κ2) is 7.49. The number of pyridine rings is 1. The highest BCUT2D eigenvalue weighted by Crippen LogP contribution is 2.41. The van der Waals surface area contributed by atoms with E-state index in [2.05, 4.69) is 81.4 Å². The summed E-state index contributed by atoms with van der Waals surface area (Å²) in [5, 5.41) is 2.33. The van der Waals surface area contributed by atoms with Crippen molar-refractivity contribution in [2.75, 3.05) is 20.2 Å². The minimum Gasteiger partial charge on any atom is -0.493 e. The van der Waals surface area contributed by atoms with Crippen LogP contribution in [0.3, 0.4) is 0 Å². The van der Waals surface area contributed by atoms with E-state index >= 15 is 0 Å². The Hall–Kier alpha value is -1.91. The van der Waals surface area contributed by atoms with Gasteiger partial charge in [0.15, 0.2) is 0 Å². The minimum atomic E-state index is 0.715. The Kier molecular flexibility index (Phi) is 4.85. The van der Waals surface area contributed by atoms with E-state index in [-0.39, 0.29) is 0 Å². The summed E-state index contributed by atoms with van der Waals surface area (Å²) in [5.74, 6) is 2.49. The fourth-order valence-electron chi connectivity index (χ4n) is 4.06. The topological polar surface area (TPSA) is 25.4 Å². The van der Waals surface area contributed by atoms with Crippen LogP contribution in [0, 0.1) is 11.8 Å². The van der Waals surface area contributed by atoms with Crippen LogP contribution in [0.1, 0.15) is 19.3 Å². The van der Waals surface area contributed by atoms with E-state index in [0.717, 1.165) is 45.4 Å². The van der Waals surface area contributed by atoms with Crippen molar-refractivity contribution in [3.8, 4) is 17.0 Å². The Morgan fingerprint density at radius 1 is 1.07 bits per heavy atom. The molecule has 1 aromatic heterocycles. The van der Waals surface area contributed by atoms with Gasteiger partial charge >= 0.3 is 0 Å². The van der Waals surface area contributed by atoms with Crippen LogP contribution >= 0.6 is 15.9 Å². The number of benzene rings is 2. The third kappa shape index (κ3) is 3.94. The molecule has 4 heteroatoms. The number of ether oxygens (including phenoxy) is 1. The third-order valence-electron chi connectivity index (χ3n) is 6.08. The van der Waals surface area contributed by atoms with Gasteiger partial charge in [0.2, 0.25) is 0 Å². The molecule has 2 atom stereocenters. The second-order valence-electron chi connectivity index (χ2n) is 8.29. The molecule has 2 aliphatic rings. The van der Waals surface area contributed by atoms with E-state index in [1.807, 2.05) is 6.20 Å². The SMILES string of the molecule is CN(CC1CC1COc1ccc2c(-c3ccc(Br)cc3)nccc2c1)C1CC1. The average molecular weight is 437 g/mol. The first kappa shape index (κ1) is 18.1. The molecule has 28 heavy (non-hydrogen) atoms. The smallest absolute Gasteiger partial charge is 0.119 e. The van der Waals surface area contributed by atoms with Gasteiger partial charge < -0.3 is 9.64 Å². The summed E-state index contributed by atoms with van der Waals surface area (Å²) in [7, 11) is 2.27. The van der Waals surface area contributed by atoms with Crippen LogP contribution in [0.25, 0.3) is 22.0 Å². The van der Waals surface area contributed by atoms with Crippen LogP contribution in [-0.4, -0.2) is 36.1 Å². The average Bonchev–Trinajstić information content (AvgIpc) is 3.62. The van der Waals surface area contributed by atoms with Crippen LogP contribution in [0.2, 0.25) is 0 Å². The van der Waals surface area contributed by atoms with Crippen molar-refractivity contribution in [1.29, 1.82) is 0 Å². The predicted molar refractivity (Wildman–Crippen MR) is 118 cm³/mol. The van der Waals surface area contributed by atoms with Crippen LogP contribution in [0.4, 0.5) is 0 Å². The van der Waals surface area contributed by atoms with Gasteiger partial charge in [-0.1, -0.05) is 28.1 Å². The largest absolute Gasteiger partial charge is 0.493 e. The normalized spacial score (nSPS) is 21.2. The van der Waals surface area contributed by atoms with Crippen molar-refractivity contribution in [3.63, 3.8) is 0 Å². The molecule has 1 heterocycles. The summed E-state index contributed by atoms with van der Waals surface area (Å²) in [6.07, 6.45) is 5.97. The fourth-order valence-corrected chi connectivity index (χ4v) is 4.32.